The van der Waals surface area contributed by atoms with Gasteiger partial charge in [-0.15, -0.1) is 0 Å². The zero-order valence-corrected chi connectivity index (χ0v) is 11.1. The molecule has 1 nitrogen and oxygen atoms in total. The fourth-order valence-corrected chi connectivity index (χ4v) is 2.76. The van der Waals surface area contributed by atoms with Gasteiger partial charge >= 0.3 is 0 Å². The van der Waals surface area contributed by atoms with E-state index >= 15 is 0 Å². The van der Waals surface area contributed by atoms with Gasteiger partial charge in [-0.25, -0.2) is 0 Å². The summed E-state index contributed by atoms with van der Waals surface area (Å²) in [4.78, 5) is 0. The maximum Gasteiger partial charge on any atom is 0.00698 e. The molecule has 1 N–H and O–H groups in total. The van der Waals surface area contributed by atoms with E-state index in [1.807, 2.05) is 0 Å². The van der Waals surface area contributed by atoms with Crippen molar-refractivity contribution >= 4 is 0 Å². The van der Waals surface area contributed by atoms with Crippen molar-refractivity contribution in [1.82, 2.24) is 5.32 Å². The number of rotatable bonds is 5. The maximum absolute atomic E-state index is 3.72. The van der Waals surface area contributed by atoms with E-state index in [2.05, 4.69) is 33.0 Å². The smallest absolute Gasteiger partial charge is 0.00698 e. The highest BCUT2D eigenvalue weighted by molar-refractivity contribution is 4.78. The van der Waals surface area contributed by atoms with Crippen molar-refractivity contribution < 1.29 is 0 Å². The van der Waals surface area contributed by atoms with E-state index in [0.717, 1.165) is 23.8 Å². The Bertz CT molecular complexity index is 163. The molecule has 1 fully saturated rings. The Hall–Kier alpha value is -0.0400. The number of nitrogens with one attached hydrogen (secondary N) is 1. The summed E-state index contributed by atoms with van der Waals surface area (Å²) >= 11 is 0. The summed E-state index contributed by atoms with van der Waals surface area (Å²) in [5.41, 5.74) is 0. The molecule has 0 heterocycles. The molecule has 0 aromatic carbocycles. The second-order valence-corrected chi connectivity index (χ2v) is 6.16. The molecule has 0 aromatic rings. The molecular formula is C14H29N. The normalized spacial score (nSPS) is 27.6. The molecule has 1 saturated carbocycles. The van der Waals surface area contributed by atoms with Crippen molar-refractivity contribution in [3.63, 3.8) is 0 Å². The van der Waals surface area contributed by atoms with Crippen LogP contribution in [0.25, 0.3) is 0 Å². The van der Waals surface area contributed by atoms with Gasteiger partial charge in [-0.2, -0.15) is 0 Å². The summed E-state index contributed by atoms with van der Waals surface area (Å²) in [5, 5.41) is 3.72. The number of hydrogen-bond donors (Lipinski definition) is 1. The molecule has 0 spiro atoms. The molecule has 0 aromatic heterocycles. The second kappa shape index (κ2) is 6.52. The van der Waals surface area contributed by atoms with Crippen molar-refractivity contribution in [2.45, 2.75) is 65.8 Å². The van der Waals surface area contributed by atoms with Gasteiger partial charge in [-0.1, -0.05) is 40.5 Å². The van der Waals surface area contributed by atoms with E-state index < -0.39 is 0 Å². The van der Waals surface area contributed by atoms with Crippen LogP contribution in [0.3, 0.4) is 0 Å². The molecule has 2 unspecified atom stereocenters. The minimum Gasteiger partial charge on any atom is -0.314 e. The van der Waals surface area contributed by atoms with Crippen LogP contribution in [0.2, 0.25) is 0 Å². The second-order valence-electron chi connectivity index (χ2n) is 6.16. The van der Waals surface area contributed by atoms with Crippen LogP contribution in [0.4, 0.5) is 0 Å². The Kier molecular flexibility index (Phi) is 5.66. The fourth-order valence-electron chi connectivity index (χ4n) is 2.76. The maximum atomic E-state index is 3.72. The Labute approximate surface area is 96.0 Å². The van der Waals surface area contributed by atoms with E-state index in [4.69, 9.17) is 0 Å². The van der Waals surface area contributed by atoms with Crippen molar-refractivity contribution in [2.75, 3.05) is 6.54 Å². The Morgan fingerprint density at radius 3 is 2.40 bits per heavy atom. The monoisotopic (exact) mass is 211 g/mol. The van der Waals surface area contributed by atoms with Crippen molar-refractivity contribution in [3.05, 3.63) is 0 Å². The average molecular weight is 211 g/mol. The van der Waals surface area contributed by atoms with E-state index in [0.29, 0.717) is 0 Å². The van der Waals surface area contributed by atoms with Crippen molar-refractivity contribution in [3.8, 4) is 0 Å². The summed E-state index contributed by atoms with van der Waals surface area (Å²) in [5.74, 6) is 2.65. The van der Waals surface area contributed by atoms with Crippen LogP contribution in [-0.2, 0) is 0 Å². The molecule has 1 aliphatic rings. The van der Waals surface area contributed by atoms with Crippen molar-refractivity contribution in [1.29, 1.82) is 0 Å². The first kappa shape index (κ1) is 13.0. The quantitative estimate of drug-likeness (QED) is 0.728. The molecular weight excluding hydrogens is 182 g/mol. The third kappa shape index (κ3) is 5.55. The van der Waals surface area contributed by atoms with Gasteiger partial charge in [0.25, 0.3) is 0 Å². The van der Waals surface area contributed by atoms with E-state index in [1.165, 1.54) is 38.6 Å². The van der Waals surface area contributed by atoms with Crippen LogP contribution >= 0.6 is 0 Å². The first-order valence-electron chi connectivity index (χ1n) is 6.81. The third-order valence-corrected chi connectivity index (χ3v) is 3.40. The molecule has 15 heavy (non-hydrogen) atoms. The van der Waals surface area contributed by atoms with Crippen LogP contribution in [0, 0.1) is 17.8 Å². The molecule has 2 atom stereocenters. The predicted molar refractivity (Wildman–Crippen MR) is 68.0 cm³/mol. The largest absolute Gasteiger partial charge is 0.314 e. The van der Waals surface area contributed by atoms with Crippen molar-refractivity contribution in [2.24, 2.45) is 17.8 Å². The van der Waals surface area contributed by atoms with Gasteiger partial charge in [0, 0.05) is 6.04 Å². The molecule has 1 rings (SSSR count). The highest BCUT2D eigenvalue weighted by Crippen LogP contribution is 2.29. The van der Waals surface area contributed by atoms with Gasteiger partial charge in [-0.05, 0) is 43.6 Å². The lowest BCUT2D eigenvalue weighted by atomic mass is 9.81. The van der Waals surface area contributed by atoms with Crippen LogP contribution in [0.1, 0.15) is 59.8 Å². The van der Waals surface area contributed by atoms with Gasteiger partial charge in [0.05, 0.1) is 0 Å². The standard InChI is InChI=1S/C14H29N/c1-11(2)8-13-6-5-7-14(9-13)15-10-12(3)4/h11-15H,5-10H2,1-4H3. The minimum absolute atomic E-state index is 0.787. The van der Waals surface area contributed by atoms with Crippen LogP contribution < -0.4 is 5.32 Å². The molecule has 1 aliphatic carbocycles. The van der Waals surface area contributed by atoms with Crippen LogP contribution in [-0.4, -0.2) is 12.6 Å². The summed E-state index contributed by atoms with van der Waals surface area (Å²) in [7, 11) is 0. The van der Waals surface area contributed by atoms with E-state index in [-0.39, 0.29) is 0 Å². The topological polar surface area (TPSA) is 12.0 Å². The third-order valence-electron chi connectivity index (χ3n) is 3.40. The van der Waals surface area contributed by atoms with Gasteiger partial charge in [0.2, 0.25) is 0 Å². The highest BCUT2D eigenvalue weighted by Gasteiger charge is 2.22. The number of hydrogen-bond acceptors (Lipinski definition) is 1. The first-order valence-corrected chi connectivity index (χ1v) is 6.81. The SMILES string of the molecule is CC(C)CNC1CCCC(CC(C)C)C1. The van der Waals surface area contributed by atoms with Gasteiger partial charge in [-0.3, -0.25) is 0 Å². The van der Waals surface area contributed by atoms with E-state index in [9.17, 15) is 0 Å². The van der Waals surface area contributed by atoms with Gasteiger partial charge < -0.3 is 5.32 Å². The zero-order valence-electron chi connectivity index (χ0n) is 11.1. The summed E-state index contributed by atoms with van der Waals surface area (Å²) in [6.07, 6.45) is 7.16. The van der Waals surface area contributed by atoms with Gasteiger partial charge in [0.1, 0.15) is 0 Å². The molecule has 0 radical (unpaired) electrons. The predicted octanol–water partition coefficient (Wildman–Crippen LogP) is 3.84. The molecule has 0 saturated heterocycles. The summed E-state index contributed by atoms with van der Waals surface area (Å²) in [6.45, 7) is 10.5. The highest BCUT2D eigenvalue weighted by atomic mass is 14.9. The van der Waals surface area contributed by atoms with Gasteiger partial charge in [0.15, 0.2) is 0 Å². The molecule has 0 bridgehead atoms. The Morgan fingerprint density at radius 1 is 1.07 bits per heavy atom. The lowest BCUT2D eigenvalue weighted by Crippen LogP contribution is -2.36. The lowest BCUT2D eigenvalue weighted by Gasteiger charge is -2.31. The molecule has 90 valence electrons. The fraction of sp³-hybridized carbons (Fsp3) is 1.00. The molecule has 0 aliphatic heterocycles. The average Bonchev–Trinajstić information content (AvgIpc) is 2.14. The van der Waals surface area contributed by atoms with E-state index in [1.54, 1.807) is 0 Å². The summed E-state index contributed by atoms with van der Waals surface area (Å²) < 4.78 is 0. The lowest BCUT2D eigenvalue weighted by molar-refractivity contribution is 0.248. The van der Waals surface area contributed by atoms with Crippen LogP contribution in [0.5, 0.6) is 0 Å². The zero-order chi connectivity index (χ0) is 11.3. The Balaban J connectivity index is 2.23. The molecule has 1 heteroatoms. The Morgan fingerprint density at radius 2 is 1.80 bits per heavy atom. The molecule has 0 amide bonds. The van der Waals surface area contributed by atoms with Crippen LogP contribution in [0.15, 0.2) is 0 Å². The summed E-state index contributed by atoms with van der Waals surface area (Å²) in [6, 6.07) is 0.810. The minimum atomic E-state index is 0.787. The first-order chi connectivity index (χ1) is 7.08.